The molecular formula is C12H20FN3. The fourth-order valence-corrected chi connectivity index (χ4v) is 1.64. The van der Waals surface area contributed by atoms with E-state index < -0.39 is 0 Å². The van der Waals surface area contributed by atoms with Crippen LogP contribution in [-0.2, 0) is 0 Å². The molecule has 90 valence electrons. The summed E-state index contributed by atoms with van der Waals surface area (Å²) in [6.07, 6.45) is 1.59. The smallest absolute Gasteiger partial charge is 0.165 e. The Morgan fingerprint density at radius 2 is 2.12 bits per heavy atom. The molecule has 0 aliphatic heterocycles. The van der Waals surface area contributed by atoms with Crippen LogP contribution in [0.2, 0.25) is 0 Å². The SMILES string of the molecule is CCN(CC)CC(C)Nc1ncccc1F. The summed E-state index contributed by atoms with van der Waals surface area (Å²) in [6.45, 7) is 9.19. The molecule has 0 saturated heterocycles. The van der Waals surface area contributed by atoms with Crippen molar-refractivity contribution in [1.82, 2.24) is 9.88 Å². The first-order chi connectivity index (χ1) is 7.67. The van der Waals surface area contributed by atoms with E-state index in [1.54, 1.807) is 12.3 Å². The minimum absolute atomic E-state index is 0.185. The summed E-state index contributed by atoms with van der Waals surface area (Å²) >= 11 is 0. The van der Waals surface area contributed by atoms with Crippen LogP contribution >= 0.6 is 0 Å². The number of hydrogen-bond donors (Lipinski definition) is 1. The molecule has 0 aliphatic carbocycles. The summed E-state index contributed by atoms with van der Waals surface area (Å²) in [4.78, 5) is 6.26. The normalized spacial score (nSPS) is 12.8. The minimum atomic E-state index is -0.297. The van der Waals surface area contributed by atoms with Gasteiger partial charge in [0.15, 0.2) is 11.6 Å². The number of likely N-dealkylation sites (N-methyl/N-ethyl adjacent to an activating group) is 1. The maximum atomic E-state index is 13.3. The molecule has 1 aromatic rings. The quantitative estimate of drug-likeness (QED) is 0.805. The number of pyridine rings is 1. The van der Waals surface area contributed by atoms with Crippen LogP contribution in [0.25, 0.3) is 0 Å². The van der Waals surface area contributed by atoms with Crippen molar-refractivity contribution in [2.75, 3.05) is 25.0 Å². The molecule has 0 fully saturated rings. The van der Waals surface area contributed by atoms with E-state index in [0.29, 0.717) is 5.82 Å². The lowest BCUT2D eigenvalue weighted by Crippen LogP contribution is -2.35. The molecule has 3 nitrogen and oxygen atoms in total. The van der Waals surface area contributed by atoms with Crippen LogP contribution < -0.4 is 5.32 Å². The average Bonchev–Trinajstić information content (AvgIpc) is 2.29. The first-order valence-corrected chi connectivity index (χ1v) is 5.76. The van der Waals surface area contributed by atoms with Crippen molar-refractivity contribution in [2.45, 2.75) is 26.8 Å². The molecule has 1 atom stereocenters. The van der Waals surface area contributed by atoms with Gasteiger partial charge in [-0.2, -0.15) is 0 Å². The lowest BCUT2D eigenvalue weighted by Gasteiger charge is -2.23. The molecule has 0 saturated carbocycles. The molecule has 16 heavy (non-hydrogen) atoms. The Morgan fingerprint density at radius 3 is 2.69 bits per heavy atom. The van der Waals surface area contributed by atoms with Gasteiger partial charge < -0.3 is 10.2 Å². The Bertz CT molecular complexity index is 313. The van der Waals surface area contributed by atoms with Crippen LogP contribution in [0.3, 0.4) is 0 Å². The molecule has 0 radical (unpaired) electrons. The minimum Gasteiger partial charge on any atom is -0.364 e. The van der Waals surface area contributed by atoms with Gasteiger partial charge >= 0.3 is 0 Å². The van der Waals surface area contributed by atoms with E-state index in [2.05, 4.69) is 29.0 Å². The van der Waals surface area contributed by atoms with E-state index in [-0.39, 0.29) is 11.9 Å². The van der Waals surface area contributed by atoms with Gasteiger partial charge in [0.1, 0.15) is 0 Å². The number of nitrogens with one attached hydrogen (secondary N) is 1. The van der Waals surface area contributed by atoms with Crippen LogP contribution in [0.5, 0.6) is 0 Å². The van der Waals surface area contributed by atoms with Crippen LogP contribution in [0.4, 0.5) is 10.2 Å². The lowest BCUT2D eigenvalue weighted by atomic mass is 10.3. The Hall–Kier alpha value is -1.16. The van der Waals surface area contributed by atoms with Gasteiger partial charge in [0.05, 0.1) is 0 Å². The summed E-state index contributed by atoms with van der Waals surface area (Å²) in [5.41, 5.74) is 0. The van der Waals surface area contributed by atoms with Gasteiger partial charge in [0.2, 0.25) is 0 Å². The second kappa shape index (κ2) is 6.43. The summed E-state index contributed by atoms with van der Waals surface area (Å²) in [5.74, 6) is 0.0380. The maximum absolute atomic E-state index is 13.3. The van der Waals surface area contributed by atoms with Gasteiger partial charge in [-0.3, -0.25) is 0 Å². The number of aromatic nitrogens is 1. The average molecular weight is 225 g/mol. The standard InChI is InChI=1S/C12H20FN3/c1-4-16(5-2)9-10(3)15-12-11(13)7-6-8-14-12/h6-8,10H,4-5,9H2,1-3H3,(H,14,15). The van der Waals surface area contributed by atoms with Crippen LogP contribution in [0, 0.1) is 5.82 Å². The zero-order valence-corrected chi connectivity index (χ0v) is 10.2. The molecule has 0 bridgehead atoms. The van der Waals surface area contributed by atoms with Crippen molar-refractivity contribution < 1.29 is 4.39 Å². The highest BCUT2D eigenvalue weighted by Gasteiger charge is 2.09. The van der Waals surface area contributed by atoms with E-state index >= 15 is 0 Å². The van der Waals surface area contributed by atoms with Gasteiger partial charge in [0, 0.05) is 18.8 Å². The number of nitrogens with zero attached hydrogens (tertiary/aromatic N) is 2. The Labute approximate surface area is 96.7 Å². The fourth-order valence-electron chi connectivity index (χ4n) is 1.64. The molecule has 1 unspecified atom stereocenters. The summed E-state index contributed by atoms with van der Waals surface area (Å²) < 4.78 is 13.3. The fraction of sp³-hybridized carbons (Fsp3) is 0.583. The number of anilines is 1. The molecule has 1 rings (SSSR count). The van der Waals surface area contributed by atoms with Crippen molar-refractivity contribution in [3.8, 4) is 0 Å². The molecule has 0 amide bonds. The monoisotopic (exact) mass is 225 g/mol. The molecule has 1 heterocycles. The maximum Gasteiger partial charge on any atom is 0.165 e. The Balaban J connectivity index is 2.51. The van der Waals surface area contributed by atoms with Gasteiger partial charge in [-0.1, -0.05) is 13.8 Å². The number of rotatable bonds is 6. The second-order valence-electron chi connectivity index (χ2n) is 3.87. The topological polar surface area (TPSA) is 28.2 Å². The van der Waals surface area contributed by atoms with E-state index in [1.807, 2.05) is 6.92 Å². The van der Waals surface area contributed by atoms with Crippen molar-refractivity contribution in [1.29, 1.82) is 0 Å². The van der Waals surface area contributed by atoms with Crippen molar-refractivity contribution in [2.24, 2.45) is 0 Å². The van der Waals surface area contributed by atoms with E-state index in [0.717, 1.165) is 19.6 Å². The largest absolute Gasteiger partial charge is 0.364 e. The zero-order chi connectivity index (χ0) is 12.0. The summed E-state index contributed by atoms with van der Waals surface area (Å²) in [5, 5.41) is 3.08. The number of halogens is 1. The number of hydrogen-bond acceptors (Lipinski definition) is 3. The molecule has 0 spiro atoms. The Kier molecular flexibility index (Phi) is 5.19. The molecular weight excluding hydrogens is 205 g/mol. The first kappa shape index (κ1) is 12.9. The zero-order valence-electron chi connectivity index (χ0n) is 10.2. The van der Waals surface area contributed by atoms with Crippen LogP contribution in [-0.4, -0.2) is 35.6 Å². The molecule has 1 aromatic heterocycles. The predicted molar refractivity (Wildman–Crippen MR) is 65.1 cm³/mol. The summed E-state index contributed by atoms with van der Waals surface area (Å²) in [6, 6.07) is 3.19. The van der Waals surface area contributed by atoms with Crippen LogP contribution in [0.1, 0.15) is 20.8 Å². The van der Waals surface area contributed by atoms with E-state index in [9.17, 15) is 4.39 Å². The van der Waals surface area contributed by atoms with Crippen molar-refractivity contribution in [3.63, 3.8) is 0 Å². The third-order valence-corrected chi connectivity index (χ3v) is 2.57. The lowest BCUT2D eigenvalue weighted by molar-refractivity contribution is 0.294. The molecule has 0 aromatic carbocycles. The van der Waals surface area contributed by atoms with Crippen molar-refractivity contribution >= 4 is 5.82 Å². The summed E-state index contributed by atoms with van der Waals surface area (Å²) in [7, 11) is 0. The molecule has 1 N–H and O–H groups in total. The highest BCUT2D eigenvalue weighted by atomic mass is 19.1. The first-order valence-electron chi connectivity index (χ1n) is 5.76. The van der Waals surface area contributed by atoms with Gasteiger partial charge in [-0.15, -0.1) is 0 Å². The highest BCUT2D eigenvalue weighted by Crippen LogP contribution is 2.10. The van der Waals surface area contributed by atoms with E-state index in [4.69, 9.17) is 0 Å². The third-order valence-electron chi connectivity index (χ3n) is 2.57. The third kappa shape index (κ3) is 3.77. The molecule has 4 heteroatoms. The van der Waals surface area contributed by atoms with Crippen LogP contribution in [0.15, 0.2) is 18.3 Å². The van der Waals surface area contributed by atoms with Gasteiger partial charge in [-0.05, 0) is 32.1 Å². The highest BCUT2D eigenvalue weighted by molar-refractivity contribution is 5.36. The van der Waals surface area contributed by atoms with Gasteiger partial charge in [0.25, 0.3) is 0 Å². The van der Waals surface area contributed by atoms with Crippen molar-refractivity contribution in [3.05, 3.63) is 24.1 Å². The predicted octanol–water partition coefficient (Wildman–Crippen LogP) is 2.36. The van der Waals surface area contributed by atoms with Gasteiger partial charge in [-0.25, -0.2) is 9.37 Å². The second-order valence-corrected chi connectivity index (χ2v) is 3.87. The molecule has 0 aliphatic rings. The van der Waals surface area contributed by atoms with E-state index in [1.165, 1.54) is 6.07 Å². The Morgan fingerprint density at radius 1 is 1.44 bits per heavy atom.